The first-order valence-corrected chi connectivity index (χ1v) is 7.65. The zero-order chi connectivity index (χ0) is 15.4. The molecule has 0 aliphatic carbocycles. The summed E-state index contributed by atoms with van der Waals surface area (Å²) in [7, 11) is 0. The van der Waals surface area contributed by atoms with Gasteiger partial charge in [0.1, 0.15) is 24.2 Å². The number of hydrogen-bond donors (Lipinski definition) is 1. The zero-order valence-electron chi connectivity index (χ0n) is 12.1. The van der Waals surface area contributed by atoms with Gasteiger partial charge in [-0.15, -0.1) is 11.3 Å². The average molecular weight is 313 g/mol. The van der Waals surface area contributed by atoms with Crippen LogP contribution in [0.3, 0.4) is 0 Å². The molecule has 0 spiro atoms. The van der Waals surface area contributed by atoms with Crippen LogP contribution in [0.5, 0.6) is 0 Å². The highest BCUT2D eigenvalue weighted by atomic mass is 32.1. The maximum Gasteiger partial charge on any atom is 0.242 e. The number of rotatable bonds is 5. The molecule has 6 nitrogen and oxygen atoms in total. The predicted octanol–water partition coefficient (Wildman–Crippen LogP) is 2.03. The summed E-state index contributed by atoms with van der Waals surface area (Å²) in [6.07, 6.45) is 2.93. The van der Waals surface area contributed by atoms with E-state index in [0.717, 1.165) is 21.1 Å². The van der Waals surface area contributed by atoms with Gasteiger partial charge in [-0.2, -0.15) is 5.10 Å². The van der Waals surface area contributed by atoms with Crippen LogP contribution in [0.4, 0.5) is 0 Å². The highest BCUT2D eigenvalue weighted by Gasteiger charge is 2.10. The molecule has 7 heteroatoms. The zero-order valence-corrected chi connectivity index (χ0v) is 12.9. The average Bonchev–Trinajstić information content (AvgIpc) is 3.16. The molecule has 2 heterocycles. The molecule has 22 heavy (non-hydrogen) atoms. The fourth-order valence-corrected chi connectivity index (χ4v) is 3.00. The molecule has 0 bridgehead atoms. The number of nitrogens with zero attached hydrogens (tertiary/aromatic N) is 4. The highest BCUT2D eigenvalue weighted by molar-refractivity contribution is 7.15. The van der Waals surface area contributed by atoms with E-state index >= 15 is 0 Å². The first-order valence-electron chi connectivity index (χ1n) is 6.83. The number of aromatic nitrogens is 4. The van der Waals surface area contributed by atoms with E-state index in [2.05, 4.69) is 20.4 Å². The van der Waals surface area contributed by atoms with Crippen LogP contribution >= 0.6 is 11.3 Å². The smallest absolute Gasteiger partial charge is 0.242 e. The van der Waals surface area contributed by atoms with Crippen molar-refractivity contribution in [1.29, 1.82) is 0 Å². The second-order valence-corrected chi connectivity index (χ2v) is 5.85. The van der Waals surface area contributed by atoms with Crippen LogP contribution in [0.25, 0.3) is 10.6 Å². The lowest BCUT2D eigenvalue weighted by Crippen LogP contribution is -2.27. The summed E-state index contributed by atoms with van der Waals surface area (Å²) in [5, 5.41) is 7.76. The first kappa shape index (κ1) is 14.4. The van der Waals surface area contributed by atoms with Gasteiger partial charge in [0.25, 0.3) is 0 Å². The number of carbonyl (C=O) groups is 1. The molecule has 3 rings (SSSR count). The summed E-state index contributed by atoms with van der Waals surface area (Å²) >= 11 is 1.60. The standard InChI is InChI=1S/C15H15N5OS/c1-11-13(7-17-14(21)8-20-10-16-9-18-20)22-15(19-11)12-5-3-2-4-6-12/h2-6,9-10H,7-8H2,1H3,(H,17,21). The summed E-state index contributed by atoms with van der Waals surface area (Å²) in [6, 6.07) is 10.0. The normalized spacial score (nSPS) is 10.6. The number of thiazole rings is 1. The van der Waals surface area contributed by atoms with E-state index in [4.69, 9.17) is 0 Å². The van der Waals surface area contributed by atoms with Crippen LogP contribution in [-0.4, -0.2) is 25.7 Å². The van der Waals surface area contributed by atoms with Crippen molar-refractivity contribution in [2.45, 2.75) is 20.0 Å². The lowest BCUT2D eigenvalue weighted by Gasteiger charge is -2.03. The quantitative estimate of drug-likeness (QED) is 0.782. The van der Waals surface area contributed by atoms with E-state index in [0.29, 0.717) is 6.54 Å². The van der Waals surface area contributed by atoms with E-state index in [-0.39, 0.29) is 12.5 Å². The van der Waals surface area contributed by atoms with Gasteiger partial charge in [0.05, 0.1) is 12.2 Å². The van der Waals surface area contributed by atoms with Crippen molar-refractivity contribution in [2.24, 2.45) is 0 Å². The molecule has 112 valence electrons. The van der Waals surface area contributed by atoms with Crippen molar-refractivity contribution in [3.05, 3.63) is 53.6 Å². The van der Waals surface area contributed by atoms with Gasteiger partial charge in [0.2, 0.25) is 5.91 Å². The highest BCUT2D eigenvalue weighted by Crippen LogP contribution is 2.27. The largest absolute Gasteiger partial charge is 0.350 e. The van der Waals surface area contributed by atoms with Crippen LogP contribution in [0.1, 0.15) is 10.6 Å². The lowest BCUT2D eigenvalue weighted by atomic mass is 10.2. The van der Waals surface area contributed by atoms with Crippen LogP contribution in [0.2, 0.25) is 0 Å². The monoisotopic (exact) mass is 313 g/mol. The van der Waals surface area contributed by atoms with E-state index < -0.39 is 0 Å². The SMILES string of the molecule is Cc1nc(-c2ccccc2)sc1CNC(=O)Cn1cncn1. The van der Waals surface area contributed by atoms with Crippen LogP contribution in [-0.2, 0) is 17.9 Å². The Labute approximate surface area is 131 Å². The molecule has 0 radical (unpaired) electrons. The fraction of sp³-hybridized carbons (Fsp3) is 0.200. The van der Waals surface area contributed by atoms with E-state index in [1.54, 1.807) is 11.3 Å². The maximum atomic E-state index is 11.9. The fourth-order valence-electron chi connectivity index (χ4n) is 1.99. The van der Waals surface area contributed by atoms with Gasteiger partial charge in [-0.05, 0) is 6.92 Å². The third-order valence-electron chi connectivity index (χ3n) is 3.13. The minimum absolute atomic E-state index is 0.0976. The van der Waals surface area contributed by atoms with Crippen LogP contribution in [0.15, 0.2) is 43.0 Å². The summed E-state index contributed by atoms with van der Waals surface area (Å²) in [4.78, 5) is 21.3. The van der Waals surface area contributed by atoms with Gasteiger partial charge in [-0.3, -0.25) is 4.79 Å². The van der Waals surface area contributed by atoms with Crippen molar-refractivity contribution < 1.29 is 4.79 Å². The van der Waals surface area contributed by atoms with E-state index in [1.807, 2.05) is 37.3 Å². The number of benzene rings is 1. The second kappa shape index (κ2) is 6.48. The molecule has 1 aromatic carbocycles. The van der Waals surface area contributed by atoms with Crippen molar-refractivity contribution in [3.63, 3.8) is 0 Å². The molecule has 0 aliphatic rings. The Bertz CT molecular complexity index is 752. The summed E-state index contributed by atoms with van der Waals surface area (Å²) in [6.45, 7) is 2.61. The predicted molar refractivity (Wildman–Crippen MR) is 84.2 cm³/mol. The van der Waals surface area contributed by atoms with Crippen molar-refractivity contribution in [3.8, 4) is 10.6 Å². The lowest BCUT2D eigenvalue weighted by molar-refractivity contribution is -0.122. The Morgan fingerprint density at radius 1 is 1.32 bits per heavy atom. The number of hydrogen-bond acceptors (Lipinski definition) is 5. The summed E-state index contributed by atoms with van der Waals surface area (Å²) in [5.74, 6) is -0.0976. The van der Waals surface area contributed by atoms with Gasteiger partial charge in [0, 0.05) is 10.4 Å². The molecule has 3 aromatic rings. The Balaban J connectivity index is 1.63. The molecule has 0 atom stereocenters. The second-order valence-electron chi connectivity index (χ2n) is 4.76. The molecule has 0 fully saturated rings. The molecular weight excluding hydrogens is 298 g/mol. The summed E-state index contributed by atoms with van der Waals surface area (Å²) < 4.78 is 1.49. The van der Waals surface area contributed by atoms with Crippen LogP contribution < -0.4 is 5.32 Å². The Morgan fingerprint density at radius 3 is 2.86 bits per heavy atom. The molecule has 1 amide bonds. The molecule has 2 aromatic heterocycles. The first-order chi connectivity index (χ1) is 10.7. The summed E-state index contributed by atoms with van der Waals surface area (Å²) in [5.41, 5.74) is 2.04. The molecule has 1 N–H and O–H groups in total. The molecular formula is C15H15N5OS. The van der Waals surface area contributed by atoms with Crippen molar-refractivity contribution in [2.75, 3.05) is 0 Å². The van der Waals surface area contributed by atoms with E-state index in [1.165, 1.54) is 17.3 Å². The van der Waals surface area contributed by atoms with Crippen LogP contribution in [0, 0.1) is 6.92 Å². The Morgan fingerprint density at radius 2 is 2.14 bits per heavy atom. The van der Waals surface area contributed by atoms with Gasteiger partial charge in [-0.1, -0.05) is 30.3 Å². The third-order valence-corrected chi connectivity index (χ3v) is 4.34. The van der Waals surface area contributed by atoms with Gasteiger partial charge < -0.3 is 5.32 Å². The molecule has 0 saturated heterocycles. The number of aryl methyl sites for hydroxylation is 1. The molecule has 0 aliphatic heterocycles. The van der Waals surface area contributed by atoms with Gasteiger partial charge in [-0.25, -0.2) is 14.6 Å². The Hall–Kier alpha value is -2.54. The number of amides is 1. The van der Waals surface area contributed by atoms with Crippen molar-refractivity contribution >= 4 is 17.2 Å². The molecule has 0 saturated carbocycles. The maximum absolute atomic E-state index is 11.9. The van der Waals surface area contributed by atoms with Gasteiger partial charge in [0.15, 0.2) is 0 Å². The number of carbonyl (C=O) groups excluding carboxylic acids is 1. The third kappa shape index (κ3) is 3.37. The van der Waals surface area contributed by atoms with Gasteiger partial charge >= 0.3 is 0 Å². The topological polar surface area (TPSA) is 72.7 Å². The van der Waals surface area contributed by atoms with E-state index in [9.17, 15) is 4.79 Å². The molecule has 0 unspecified atom stereocenters. The number of nitrogens with one attached hydrogen (secondary N) is 1. The minimum atomic E-state index is -0.0976. The van der Waals surface area contributed by atoms with Crippen molar-refractivity contribution in [1.82, 2.24) is 25.1 Å². The minimum Gasteiger partial charge on any atom is -0.350 e. The Kier molecular flexibility index (Phi) is 4.24.